The highest BCUT2D eigenvalue weighted by atomic mass is 79.9. The molecule has 27 heavy (non-hydrogen) atoms. The lowest BCUT2D eigenvalue weighted by Gasteiger charge is -2.27. The molecule has 0 saturated carbocycles. The lowest BCUT2D eigenvalue weighted by Crippen LogP contribution is -2.40. The van der Waals surface area contributed by atoms with Crippen molar-refractivity contribution in [2.75, 3.05) is 11.5 Å². The average Bonchev–Trinajstić information content (AvgIpc) is 3.17. The summed E-state index contributed by atoms with van der Waals surface area (Å²) >= 11 is 3.25. The lowest BCUT2D eigenvalue weighted by atomic mass is 10.1. The first-order valence-corrected chi connectivity index (χ1v) is 11.4. The van der Waals surface area contributed by atoms with Crippen molar-refractivity contribution in [3.63, 3.8) is 0 Å². The molecule has 1 saturated heterocycles. The predicted molar refractivity (Wildman–Crippen MR) is 106 cm³/mol. The maximum absolute atomic E-state index is 13.1. The average molecular weight is 456 g/mol. The molecule has 0 aliphatic carbocycles. The van der Waals surface area contributed by atoms with Crippen LogP contribution in [0.5, 0.6) is 5.75 Å². The van der Waals surface area contributed by atoms with Gasteiger partial charge < -0.3 is 14.1 Å². The van der Waals surface area contributed by atoms with Crippen LogP contribution in [0, 0.1) is 0 Å². The Bertz CT molecular complexity index is 904. The number of carbonyl (C=O) groups is 1. The molecule has 1 aromatic heterocycles. The van der Waals surface area contributed by atoms with Gasteiger partial charge in [-0.25, -0.2) is 8.42 Å². The molecular formula is C19H22BrNO5S. The molecule has 3 rings (SSSR count). The SMILES string of the molecule is CC(C)Oc1ccc(C(=O)N(Cc2ccc(Br)o2)[C@H]2CCS(=O)(=O)C2)cc1. The fourth-order valence-corrected chi connectivity index (χ4v) is 5.18. The van der Waals surface area contributed by atoms with Crippen LogP contribution in [0.1, 0.15) is 36.4 Å². The number of carbonyl (C=O) groups excluding carboxylic acids is 1. The van der Waals surface area contributed by atoms with Crippen LogP contribution in [0.3, 0.4) is 0 Å². The van der Waals surface area contributed by atoms with Gasteiger partial charge in [-0.15, -0.1) is 0 Å². The quantitative estimate of drug-likeness (QED) is 0.663. The maximum Gasteiger partial charge on any atom is 0.254 e. The molecule has 1 atom stereocenters. The minimum absolute atomic E-state index is 0.0187. The van der Waals surface area contributed by atoms with Crippen molar-refractivity contribution >= 4 is 31.7 Å². The Morgan fingerprint density at radius 3 is 2.48 bits per heavy atom. The van der Waals surface area contributed by atoms with Gasteiger partial charge in [0.05, 0.1) is 24.2 Å². The van der Waals surface area contributed by atoms with Crippen LogP contribution in [0.15, 0.2) is 45.5 Å². The second-order valence-corrected chi connectivity index (χ2v) is 9.90. The number of hydrogen-bond donors (Lipinski definition) is 0. The first-order valence-electron chi connectivity index (χ1n) is 8.76. The molecule has 1 aromatic carbocycles. The molecule has 8 heteroatoms. The zero-order chi connectivity index (χ0) is 19.6. The number of amides is 1. The first kappa shape index (κ1) is 19.9. The van der Waals surface area contributed by atoms with E-state index in [1.54, 1.807) is 41.3 Å². The summed E-state index contributed by atoms with van der Waals surface area (Å²) in [5.74, 6) is 1.14. The molecular weight excluding hydrogens is 434 g/mol. The minimum atomic E-state index is -3.12. The summed E-state index contributed by atoms with van der Waals surface area (Å²) in [5, 5.41) is 0. The number of halogens is 1. The van der Waals surface area contributed by atoms with Crippen LogP contribution < -0.4 is 4.74 Å². The molecule has 0 N–H and O–H groups in total. The van der Waals surface area contributed by atoms with Gasteiger partial charge in [0.1, 0.15) is 11.5 Å². The van der Waals surface area contributed by atoms with Crippen LogP contribution in [0.25, 0.3) is 0 Å². The highest BCUT2D eigenvalue weighted by Gasteiger charge is 2.35. The van der Waals surface area contributed by atoms with Gasteiger partial charge in [0.15, 0.2) is 14.5 Å². The molecule has 1 amide bonds. The van der Waals surface area contributed by atoms with Gasteiger partial charge in [-0.05, 0) is 72.6 Å². The highest BCUT2D eigenvalue weighted by molar-refractivity contribution is 9.10. The van der Waals surface area contributed by atoms with Crippen LogP contribution in [-0.4, -0.2) is 42.9 Å². The van der Waals surface area contributed by atoms with Crippen LogP contribution >= 0.6 is 15.9 Å². The summed E-state index contributed by atoms with van der Waals surface area (Å²) in [4.78, 5) is 14.7. The molecule has 2 aromatic rings. The van der Waals surface area contributed by atoms with Gasteiger partial charge >= 0.3 is 0 Å². The maximum atomic E-state index is 13.1. The number of rotatable bonds is 6. The molecule has 0 unspecified atom stereocenters. The van der Waals surface area contributed by atoms with E-state index in [4.69, 9.17) is 9.15 Å². The van der Waals surface area contributed by atoms with Crippen molar-refractivity contribution in [2.45, 2.75) is 39.0 Å². The summed E-state index contributed by atoms with van der Waals surface area (Å²) in [7, 11) is -3.12. The van der Waals surface area contributed by atoms with Gasteiger partial charge in [0, 0.05) is 11.6 Å². The third-order valence-corrected chi connectivity index (χ3v) is 6.51. The van der Waals surface area contributed by atoms with Crippen molar-refractivity contribution in [1.82, 2.24) is 4.90 Å². The molecule has 1 fully saturated rings. The third kappa shape index (κ3) is 5.13. The van der Waals surface area contributed by atoms with E-state index in [-0.39, 0.29) is 36.1 Å². The Morgan fingerprint density at radius 2 is 1.96 bits per heavy atom. The van der Waals surface area contributed by atoms with E-state index >= 15 is 0 Å². The van der Waals surface area contributed by atoms with E-state index < -0.39 is 9.84 Å². The van der Waals surface area contributed by atoms with Crippen LogP contribution in [0.2, 0.25) is 0 Å². The Labute approximate surface area is 167 Å². The topological polar surface area (TPSA) is 76.8 Å². The molecule has 6 nitrogen and oxygen atoms in total. The molecule has 0 bridgehead atoms. The Kier molecular flexibility index (Phi) is 5.95. The number of sulfone groups is 1. The normalized spacial score (nSPS) is 18.6. The third-order valence-electron chi connectivity index (χ3n) is 4.34. The van der Waals surface area contributed by atoms with E-state index in [1.807, 2.05) is 13.8 Å². The fraction of sp³-hybridized carbons (Fsp3) is 0.421. The fourth-order valence-electron chi connectivity index (χ4n) is 3.11. The molecule has 146 valence electrons. The second-order valence-electron chi connectivity index (χ2n) is 6.89. The Hall–Kier alpha value is -1.80. The summed E-state index contributed by atoms with van der Waals surface area (Å²) in [5.41, 5.74) is 0.487. The van der Waals surface area contributed by atoms with Crippen molar-refractivity contribution < 1.29 is 22.4 Å². The molecule has 0 spiro atoms. The number of furan rings is 1. The van der Waals surface area contributed by atoms with Crippen molar-refractivity contribution in [3.8, 4) is 5.75 Å². The van der Waals surface area contributed by atoms with Crippen molar-refractivity contribution in [1.29, 1.82) is 0 Å². The summed E-state index contributed by atoms with van der Waals surface area (Å²) in [6, 6.07) is 10.1. The number of benzene rings is 1. The first-order chi connectivity index (χ1) is 12.7. The highest BCUT2D eigenvalue weighted by Crippen LogP contribution is 2.25. The summed E-state index contributed by atoms with van der Waals surface area (Å²) in [6.45, 7) is 4.08. The van der Waals surface area contributed by atoms with Gasteiger partial charge in [-0.1, -0.05) is 0 Å². The van der Waals surface area contributed by atoms with E-state index in [9.17, 15) is 13.2 Å². The minimum Gasteiger partial charge on any atom is -0.491 e. The van der Waals surface area contributed by atoms with E-state index in [0.717, 1.165) is 0 Å². The zero-order valence-corrected chi connectivity index (χ0v) is 17.6. The Morgan fingerprint density at radius 1 is 1.26 bits per heavy atom. The van der Waals surface area contributed by atoms with Crippen molar-refractivity contribution in [3.05, 3.63) is 52.4 Å². The van der Waals surface area contributed by atoms with Crippen LogP contribution in [0.4, 0.5) is 0 Å². The molecule has 1 aliphatic heterocycles. The Balaban J connectivity index is 1.83. The monoisotopic (exact) mass is 455 g/mol. The molecule has 0 radical (unpaired) electrons. The summed E-state index contributed by atoms with van der Waals surface area (Å²) < 4.78 is 35.6. The standard InChI is InChI=1S/C19H22BrNO5S/c1-13(2)25-16-5-3-14(4-6-16)19(22)21(11-17-7-8-18(20)26-17)15-9-10-27(23,24)12-15/h3-8,13,15H,9-12H2,1-2H3/t15-/m0/s1. The van der Waals surface area contributed by atoms with Gasteiger partial charge in [-0.2, -0.15) is 0 Å². The van der Waals surface area contributed by atoms with Crippen molar-refractivity contribution in [2.24, 2.45) is 0 Å². The lowest BCUT2D eigenvalue weighted by molar-refractivity contribution is 0.0665. The second kappa shape index (κ2) is 8.06. The molecule has 1 aliphatic rings. The summed E-state index contributed by atoms with van der Waals surface area (Å²) in [6.07, 6.45) is 0.481. The largest absolute Gasteiger partial charge is 0.491 e. The predicted octanol–water partition coefficient (Wildman–Crippen LogP) is 3.66. The number of nitrogens with zero attached hydrogens (tertiary/aromatic N) is 1. The smallest absolute Gasteiger partial charge is 0.254 e. The van der Waals surface area contributed by atoms with Gasteiger partial charge in [0.2, 0.25) is 0 Å². The van der Waals surface area contributed by atoms with Gasteiger partial charge in [0.25, 0.3) is 5.91 Å². The van der Waals surface area contributed by atoms with E-state index in [2.05, 4.69) is 15.9 Å². The number of ether oxygens (including phenoxy) is 1. The van der Waals surface area contributed by atoms with Crippen LogP contribution in [-0.2, 0) is 16.4 Å². The number of hydrogen-bond acceptors (Lipinski definition) is 5. The van der Waals surface area contributed by atoms with E-state index in [0.29, 0.717) is 28.2 Å². The zero-order valence-electron chi connectivity index (χ0n) is 15.2. The van der Waals surface area contributed by atoms with Gasteiger partial charge in [-0.3, -0.25) is 4.79 Å². The van der Waals surface area contributed by atoms with E-state index in [1.165, 1.54) is 0 Å². The molecule has 2 heterocycles.